The van der Waals surface area contributed by atoms with E-state index in [1.165, 1.54) is 12.8 Å². The molecular formula is C17H23N3O2. The van der Waals surface area contributed by atoms with Gasteiger partial charge < -0.3 is 15.1 Å². The molecule has 1 heterocycles. The highest BCUT2D eigenvalue weighted by Crippen LogP contribution is 2.18. The zero-order valence-electron chi connectivity index (χ0n) is 12.8. The van der Waals surface area contributed by atoms with Gasteiger partial charge in [0.1, 0.15) is 0 Å². The SMILES string of the molecule is O=C(NC1CCCC1)N1CCN(C(=O)c2ccccc2)CC1. The van der Waals surface area contributed by atoms with Crippen LogP contribution in [-0.2, 0) is 0 Å². The summed E-state index contributed by atoms with van der Waals surface area (Å²) in [7, 11) is 0. The minimum absolute atomic E-state index is 0.0266. The standard InChI is InChI=1S/C17H23N3O2/c21-16(14-6-2-1-3-7-14)19-10-12-20(13-11-19)17(22)18-15-8-4-5-9-15/h1-3,6-7,15H,4-5,8-13H2,(H,18,22). The van der Waals surface area contributed by atoms with Crippen molar-refractivity contribution < 1.29 is 9.59 Å². The lowest BCUT2D eigenvalue weighted by molar-refractivity contribution is 0.0663. The van der Waals surface area contributed by atoms with Crippen molar-refractivity contribution in [3.05, 3.63) is 35.9 Å². The Morgan fingerprint density at radius 3 is 2.14 bits per heavy atom. The van der Waals surface area contributed by atoms with Crippen LogP contribution in [0.5, 0.6) is 0 Å². The Hall–Kier alpha value is -2.04. The summed E-state index contributed by atoms with van der Waals surface area (Å²) >= 11 is 0. The minimum Gasteiger partial charge on any atom is -0.335 e. The lowest BCUT2D eigenvalue weighted by Gasteiger charge is -2.35. The van der Waals surface area contributed by atoms with Crippen LogP contribution in [0.15, 0.2) is 30.3 Å². The van der Waals surface area contributed by atoms with E-state index >= 15 is 0 Å². The van der Waals surface area contributed by atoms with Gasteiger partial charge in [-0.1, -0.05) is 31.0 Å². The molecule has 5 nitrogen and oxygen atoms in total. The van der Waals surface area contributed by atoms with E-state index < -0.39 is 0 Å². The predicted octanol–water partition coefficient (Wildman–Crippen LogP) is 2.10. The van der Waals surface area contributed by atoms with Crippen molar-refractivity contribution in [3.8, 4) is 0 Å². The number of hydrogen-bond donors (Lipinski definition) is 1. The van der Waals surface area contributed by atoms with Crippen molar-refractivity contribution >= 4 is 11.9 Å². The van der Waals surface area contributed by atoms with Gasteiger partial charge in [0.2, 0.25) is 0 Å². The zero-order chi connectivity index (χ0) is 15.4. The first-order valence-corrected chi connectivity index (χ1v) is 8.14. The number of amides is 3. The van der Waals surface area contributed by atoms with E-state index in [4.69, 9.17) is 0 Å². The maximum atomic E-state index is 12.4. The molecule has 2 aliphatic rings. The molecular weight excluding hydrogens is 278 g/mol. The summed E-state index contributed by atoms with van der Waals surface area (Å²) in [6.45, 7) is 2.42. The van der Waals surface area contributed by atoms with Gasteiger partial charge in [-0.3, -0.25) is 4.79 Å². The number of urea groups is 1. The van der Waals surface area contributed by atoms with Crippen LogP contribution in [0.25, 0.3) is 0 Å². The average Bonchev–Trinajstić information content (AvgIpc) is 3.08. The number of hydrogen-bond acceptors (Lipinski definition) is 2. The lowest BCUT2D eigenvalue weighted by Crippen LogP contribution is -2.54. The molecule has 1 aromatic rings. The van der Waals surface area contributed by atoms with E-state index in [0.717, 1.165) is 12.8 Å². The van der Waals surface area contributed by atoms with E-state index in [2.05, 4.69) is 5.32 Å². The highest BCUT2D eigenvalue weighted by atomic mass is 16.2. The maximum Gasteiger partial charge on any atom is 0.317 e. The molecule has 1 aliphatic heterocycles. The van der Waals surface area contributed by atoms with Gasteiger partial charge in [-0.05, 0) is 25.0 Å². The molecule has 118 valence electrons. The number of nitrogens with zero attached hydrogens (tertiary/aromatic N) is 2. The van der Waals surface area contributed by atoms with E-state index in [-0.39, 0.29) is 11.9 Å². The molecule has 3 amide bonds. The van der Waals surface area contributed by atoms with Gasteiger partial charge in [0.15, 0.2) is 0 Å². The zero-order valence-corrected chi connectivity index (χ0v) is 12.8. The molecule has 1 aliphatic carbocycles. The minimum atomic E-state index is 0.0266. The lowest BCUT2D eigenvalue weighted by atomic mass is 10.2. The molecule has 0 atom stereocenters. The van der Waals surface area contributed by atoms with Gasteiger partial charge in [0.25, 0.3) is 5.91 Å². The Morgan fingerprint density at radius 1 is 0.909 bits per heavy atom. The first kappa shape index (κ1) is 14.9. The highest BCUT2D eigenvalue weighted by Gasteiger charge is 2.26. The molecule has 1 N–H and O–H groups in total. The van der Waals surface area contributed by atoms with Crippen molar-refractivity contribution in [1.82, 2.24) is 15.1 Å². The van der Waals surface area contributed by atoms with Gasteiger partial charge in [0, 0.05) is 37.8 Å². The second kappa shape index (κ2) is 6.81. The van der Waals surface area contributed by atoms with E-state index in [9.17, 15) is 9.59 Å². The summed E-state index contributed by atoms with van der Waals surface area (Å²) in [4.78, 5) is 28.2. The van der Waals surface area contributed by atoms with Crippen LogP contribution in [0, 0.1) is 0 Å². The van der Waals surface area contributed by atoms with Gasteiger partial charge in [-0.2, -0.15) is 0 Å². The number of carbonyl (C=O) groups excluding carboxylic acids is 2. The van der Waals surface area contributed by atoms with E-state index in [1.54, 1.807) is 0 Å². The Balaban J connectivity index is 1.49. The topological polar surface area (TPSA) is 52.7 Å². The van der Waals surface area contributed by atoms with E-state index in [1.807, 2.05) is 40.1 Å². The smallest absolute Gasteiger partial charge is 0.317 e. The average molecular weight is 301 g/mol. The molecule has 1 saturated heterocycles. The summed E-state index contributed by atoms with van der Waals surface area (Å²) in [5.41, 5.74) is 0.714. The third kappa shape index (κ3) is 3.40. The number of piperazine rings is 1. The predicted molar refractivity (Wildman–Crippen MR) is 84.7 cm³/mol. The monoisotopic (exact) mass is 301 g/mol. The van der Waals surface area contributed by atoms with Crippen LogP contribution in [-0.4, -0.2) is 54.0 Å². The molecule has 22 heavy (non-hydrogen) atoms. The molecule has 0 radical (unpaired) electrons. The van der Waals surface area contributed by atoms with E-state index in [0.29, 0.717) is 37.8 Å². The van der Waals surface area contributed by atoms with Crippen LogP contribution >= 0.6 is 0 Å². The first-order chi connectivity index (χ1) is 10.7. The van der Waals surface area contributed by atoms with Crippen molar-refractivity contribution in [2.24, 2.45) is 0 Å². The molecule has 0 bridgehead atoms. The number of carbonyl (C=O) groups is 2. The number of benzene rings is 1. The molecule has 3 rings (SSSR count). The molecule has 0 unspecified atom stereocenters. The van der Waals surface area contributed by atoms with Crippen LogP contribution < -0.4 is 5.32 Å². The van der Waals surface area contributed by atoms with Crippen molar-refractivity contribution in [1.29, 1.82) is 0 Å². The number of nitrogens with one attached hydrogen (secondary N) is 1. The Labute approximate surface area is 131 Å². The molecule has 1 aromatic carbocycles. The summed E-state index contributed by atoms with van der Waals surface area (Å²) in [5, 5.41) is 3.11. The molecule has 2 fully saturated rings. The summed E-state index contributed by atoms with van der Waals surface area (Å²) in [5.74, 6) is 0.0523. The van der Waals surface area contributed by atoms with Crippen LogP contribution in [0.2, 0.25) is 0 Å². The summed E-state index contributed by atoms with van der Waals surface area (Å²) < 4.78 is 0. The Bertz CT molecular complexity index is 518. The maximum absolute atomic E-state index is 12.4. The van der Waals surface area contributed by atoms with Gasteiger partial charge in [-0.25, -0.2) is 4.79 Å². The fourth-order valence-electron chi connectivity index (χ4n) is 3.21. The van der Waals surface area contributed by atoms with Crippen molar-refractivity contribution in [2.75, 3.05) is 26.2 Å². The molecule has 0 spiro atoms. The summed E-state index contributed by atoms with van der Waals surface area (Å²) in [6.07, 6.45) is 4.62. The number of rotatable bonds is 2. The second-order valence-corrected chi connectivity index (χ2v) is 6.08. The molecule has 5 heteroatoms. The largest absolute Gasteiger partial charge is 0.335 e. The van der Waals surface area contributed by atoms with Crippen LogP contribution in [0.3, 0.4) is 0 Å². The first-order valence-electron chi connectivity index (χ1n) is 8.14. The van der Waals surface area contributed by atoms with Crippen molar-refractivity contribution in [3.63, 3.8) is 0 Å². The molecule has 1 saturated carbocycles. The fourth-order valence-corrected chi connectivity index (χ4v) is 3.21. The molecule has 0 aromatic heterocycles. The third-order valence-corrected chi connectivity index (χ3v) is 4.56. The third-order valence-electron chi connectivity index (χ3n) is 4.56. The second-order valence-electron chi connectivity index (χ2n) is 6.08. The highest BCUT2D eigenvalue weighted by molar-refractivity contribution is 5.94. The Morgan fingerprint density at radius 2 is 1.50 bits per heavy atom. The normalized spacial score (nSPS) is 19.3. The quantitative estimate of drug-likeness (QED) is 0.909. The van der Waals surface area contributed by atoms with Crippen LogP contribution in [0.1, 0.15) is 36.0 Å². The Kier molecular flexibility index (Phi) is 4.61. The van der Waals surface area contributed by atoms with Gasteiger partial charge >= 0.3 is 6.03 Å². The van der Waals surface area contributed by atoms with Gasteiger partial charge in [0.05, 0.1) is 0 Å². The summed E-state index contributed by atoms with van der Waals surface area (Å²) in [6, 6.07) is 9.69. The van der Waals surface area contributed by atoms with Crippen LogP contribution in [0.4, 0.5) is 4.79 Å². The fraction of sp³-hybridized carbons (Fsp3) is 0.529. The van der Waals surface area contributed by atoms with Gasteiger partial charge in [-0.15, -0.1) is 0 Å². The van der Waals surface area contributed by atoms with Crippen molar-refractivity contribution in [2.45, 2.75) is 31.7 Å².